The molecule has 0 aromatic carbocycles. The summed E-state index contributed by atoms with van der Waals surface area (Å²) in [7, 11) is 1.53. The SMILES string of the molecule is CCn1cc(Cl)c(CN(C)C(=O)Cn2nc(C(F)(F)F)c(Br)c2C)n1. The van der Waals surface area contributed by atoms with Crippen molar-refractivity contribution in [1.82, 2.24) is 24.5 Å². The fourth-order valence-corrected chi connectivity index (χ4v) is 2.85. The first-order valence-electron chi connectivity index (χ1n) is 7.30. The molecule has 6 nitrogen and oxygen atoms in total. The minimum absolute atomic E-state index is 0.151. The monoisotopic (exact) mass is 441 g/mol. The maximum Gasteiger partial charge on any atom is 0.436 e. The van der Waals surface area contributed by atoms with E-state index in [0.717, 1.165) is 4.68 Å². The number of aryl methyl sites for hydroxylation is 1. The molecule has 2 aromatic rings. The first kappa shape index (κ1) is 19.8. The minimum atomic E-state index is -4.59. The van der Waals surface area contributed by atoms with Crippen LogP contribution in [0.5, 0.6) is 0 Å². The van der Waals surface area contributed by atoms with Gasteiger partial charge in [-0.15, -0.1) is 0 Å². The van der Waals surface area contributed by atoms with Crippen LogP contribution in [0.15, 0.2) is 10.7 Å². The quantitative estimate of drug-likeness (QED) is 0.712. The molecule has 2 aromatic heterocycles. The fraction of sp³-hybridized carbons (Fsp3) is 0.500. The van der Waals surface area contributed by atoms with Crippen molar-refractivity contribution >= 4 is 33.4 Å². The van der Waals surface area contributed by atoms with E-state index < -0.39 is 17.8 Å². The summed E-state index contributed by atoms with van der Waals surface area (Å²) in [4.78, 5) is 13.7. The average Bonchev–Trinajstić information content (AvgIpc) is 3.01. The van der Waals surface area contributed by atoms with E-state index in [2.05, 4.69) is 26.1 Å². The lowest BCUT2D eigenvalue weighted by Crippen LogP contribution is -2.30. The van der Waals surface area contributed by atoms with E-state index in [-0.39, 0.29) is 23.3 Å². The third-order valence-corrected chi connectivity index (χ3v) is 4.88. The molecule has 0 bridgehead atoms. The third-order valence-electron chi connectivity index (χ3n) is 3.61. The lowest BCUT2D eigenvalue weighted by Gasteiger charge is -2.16. The van der Waals surface area contributed by atoms with Gasteiger partial charge in [-0.1, -0.05) is 11.6 Å². The van der Waals surface area contributed by atoms with Crippen LogP contribution >= 0.6 is 27.5 Å². The highest BCUT2D eigenvalue weighted by Gasteiger charge is 2.38. The van der Waals surface area contributed by atoms with E-state index >= 15 is 0 Å². The maximum absolute atomic E-state index is 12.9. The van der Waals surface area contributed by atoms with Gasteiger partial charge < -0.3 is 4.90 Å². The molecular formula is C14H16BrClF3N5O. The summed E-state index contributed by atoms with van der Waals surface area (Å²) in [5.74, 6) is -0.408. The van der Waals surface area contributed by atoms with E-state index in [1.54, 1.807) is 10.9 Å². The van der Waals surface area contributed by atoms with Gasteiger partial charge in [0.2, 0.25) is 5.91 Å². The van der Waals surface area contributed by atoms with Crippen molar-refractivity contribution in [1.29, 1.82) is 0 Å². The van der Waals surface area contributed by atoms with Gasteiger partial charge in [0.25, 0.3) is 0 Å². The van der Waals surface area contributed by atoms with Crippen LogP contribution in [0.3, 0.4) is 0 Å². The van der Waals surface area contributed by atoms with Gasteiger partial charge >= 0.3 is 6.18 Å². The molecule has 0 aliphatic rings. The Kier molecular flexibility index (Phi) is 5.82. The van der Waals surface area contributed by atoms with Crippen LogP contribution in [-0.2, 0) is 30.6 Å². The molecule has 0 spiro atoms. The largest absolute Gasteiger partial charge is 0.436 e. The van der Waals surface area contributed by atoms with Gasteiger partial charge in [-0.2, -0.15) is 23.4 Å². The average molecular weight is 443 g/mol. The van der Waals surface area contributed by atoms with Crippen molar-refractivity contribution in [2.75, 3.05) is 7.05 Å². The van der Waals surface area contributed by atoms with Crippen LogP contribution in [0.4, 0.5) is 13.2 Å². The zero-order chi connectivity index (χ0) is 18.9. The van der Waals surface area contributed by atoms with E-state index in [4.69, 9.17) is 11.6 Å². The Hall–Kier alpha value is -1.55. The summed E-state index contributed by atoms with van der Waals surface area (Å²) >= 11 is 8.94. The van der Waals surface area contributed by atoms with Gasteiger partial charge in [0, 0.05) is 19.8 Å². The summed E-state index contributed by atoms with van der Waals surface area (Å²) in [6, 6.07) is 0. The second-order valence-corrected chi connectivity index (χ2v) is 6.63. The summed E-state index contributed by atoms with van der Waals surface area (Å²) in [6.45, 7) is 3.83. The van der Waals surface area contributed by atoms with Gasteiger partial charge in [-0.25, -0.2) is 0 Å². The van der Waals surface area contributed by atoms with Crippen LogP contribution < -0.4 is 0 Å². The van der Waals surface area contributed by atoms with Gasteiger partial charge in [0.15, 0.2) is 5.69 Å². The van der Waals surface area contributed by atoms with Crippen LogP contribution in [-0.4, -0.2) is 37.4 Å². The van der Waals surface area contributed by atoms with E-state index in [1.165, 1.54) is 18.9 Å². The predicted octanol–water partition coefficient (Wildman–Crippen LogP) is 3.50. The normalized spacial score (nSPS) is 11.8. The van der Waals surface area contributed by atoms with Crippen molar-refractivity contribution in [3.63, 3.8) is 0 Å². The van der Waals surface area contributed by atoms with Crippen molar-refractivity contribution in [3.8, 4) is 0 Å². The van der Waals surface area contributed by atoms with Crippen LogP contribution in [0.25, 0.3) is 0 Å². The molecule has 0 saturated heterocycles. The topological polar surface area (TPSA) is 56.0 Å². The van der Waals surface area contributed by atoms with E-state index in [1.807, 2.05) is 6.92 Å². The highest BCUT2D eigenvalue weighted by molar-refractivity contribution is 9.10. The summed E-state index contributed by atoms with van der Waals surface area (Å²) in [6.07, 6.45) is -2.94. The van der Waals surface area contributed by atoms with Gasteiger partial charge in [0.05, 0.1) is 21.7 Å². The van der Waals surface area contributed by atoms with Crippen molar-refractivity contribution in [3.05, 3.63) is 32.8 Å². The Morgan fingerprint density at radius 1 is 1.40 bits per heavy atom. The second kappa shape index (κ2) is 7.36. The summed E-state index contributed by atoms with van der Waals surface area (Å²) < 4.78 is 41.1. The number of halogens is 5. The lowest BCUT2D eigenvalue weighted by molar-refractivity contribution is -0.142. The number of alkyl halides is 3. The van der Waals surface area contributed by atoms with Crippen molar-refractivity contribution in [2.45, 2.75) is 39.7 Å². The Bertz CT molecular complexity index is 786. The zero-order valence-corrected chi connectivity index (χ0v) is 16.1. The van der Waals surface area contributed by atoms with E-state index in [9.17, 15) is 18.0 Å². The third kappa shape index (κ3) is 4.35. The molecule has 0 aliphatic heterocycles. The molecule has 0 fully saturated rings. The molecule has 0 radical (unpaired) electrons. The predicted molar refractivity (Wildman–Crippen MR) is 89.1 cm³/mol. The Balaban J connectivity index is 2.12. The molecule has 2 rings (SSSR count). The number of carbonyl (C=O) groups is 1. The second-order valence-electron chi connectivity index (χ2n) is 5.43. The number of likely N-dealkylation sites (N-methyl/N-ethyl adjacent to an activating group) is 1. The van der Waals surface area contributed by atoms with E-state index in [0.29, 0.717) is 17.3 Å². The van der Waals surface area contributed by atoms with Gasteiger partial charge in [0.1, 0.15) is 12.2 Å². The van der Waals surface area contributed by atoms with Gasteiger partial charge in [-0.3, -0.25) is 14.2 Å². The van der Waals surface area contributed by atoms with Crippen molar-refractivity contribution < 1.29 is 18.0 Å². The number of nitrogens with zero attached hydrogens (tertiary/aromatic N) is 5. The number of amides is 1. The molecule has 2 heterocycles. The molecule has 0 atom stereocenters. The smallest absolute Gasteiger partial charge is 0.338 e. The van der Waals surface area contributed by atoms with Crippen molar-refractivity contribution in [2.24, 2.45) is 0 Å². The number of rotatable bonds is 5. The molecule has 138 valence electrons. The van der Waals surface area contributed by atoms with Crippen LogP contribution in [0.1, 0.15) is 24.0 Å². The molecule has 0 N–H and O–H groups in total. The number of carbonyl (C=O) groups excluding carboxylic acids is 1. The zero-order valence-electron chi connectivity index (χ0n) is 13.7. The first-order valence-corrected chi connectivity index (χ1v) is 8.47. The number of hydrogen-bond donors (Lipinski definition) is 0. The Morgan fingerprint density at radius 3 is 2.52 bits per heavy atom. The molecule has 0 unspecified atom stereocenters. The Morgan fingerprint density at radius 2 is 2.04 bits per heavy atom. The first-order chi connectivity index (χ1) is 11.5. The molecule has 0 aliphatic carbocycles. The number of aromatic nitrogens is 4. The molecule has 0 saturated carbocycles. The minimum Gasteiger partial charge on any atom is -0.338 e. The Labute approximate surface area is 155 Å². The standard InChI is InChI=1S/C14H16BrClF3N5O/c1-4-23-5-9(16)10(20-23)6-22(3)11(25)7-24-8(2)12(15)13(21-24)14(17,18)19/h5H,4,6-7H2,1-3H3. The number of hydrogen-bond acceptors (Lipinski definition) is 3. The van der Waals surface area contributed by atoms with Crippen LogP contribution in [0, 0.1) is 6.92 Å². The summed E-state index contributed by atoms with van der Waals surface area (Å²) in [5, 5.41) is 8.16. The maximum atomic E-state index is 12.9. The van der Waals surface area contributed by atoms with Gasteiger partial charge in [-0.05, 0) is 29.8 Å². The molecular weight excluding hydrogens is 427 g/mol. The highest BCUT2D eigenvalue weighted by Crippen LogP contribution is 2.35. The molecule has 1 amide bonds. The molecule has 25 heavy (non-hydrogen) atoms. The summed E-state index contributed by atoms with van der Waals surface area (Å²) in [5.41, 5.74) is -0.304. The molecule has 11 heteroatoms. The van der Waals surface area contributed by atoms with Crippen LogP contribution in [0.2, 0.25) is 5.02 Å². The fourth-order valence-electron chi connectivity index (χ4n) is 2.13. The lowest BCUT2D eigenvalue weighted by atomic mass is 10.3. The highest BCUT2D eigenvalue weighted by atomic mass is 79.9.